The van der Waals surface area contributed by atoms with Crippen LogP contribution in [0.5, 0.6) is 5.75 Å². The second-order valence-corrected chi connectivity index (χ2v) is 3.53. The molecule has 0 saturated carbocycles. The topological polar surface area (TPSA) is 61.8 Å². The number of hydrogen-bond donors (Lipinski definition) is 2. The molecule has 0 aliphatic carbocycles. The zero-order valence-corrected chi connectivity index (χ0v) is 11.4. The van der Waals surface area contributed by atoms with Crippen molar-refractivity contribution in [3.8, 4) is 16.9 Å². The minimum Gasteiger partial charge on any atom is -0.507 e. The van der Waals surface area contributed by atoms with Gasteiger partial charge in [0.25, 0.3) is 0 Å². The van der Waals surface area contributed by atoms with E-state index in [0.717, 1.165) is 22.2 Å². The fraction of sp³-hybridized carbons (Fsp3) is 0. The van der Waals surface area contributed by atoms with Gasteiger partial charge in [0.2, 0.25) is 0 Å². The molecule has 3 aromatic rings. The van der Waals surface area contributed by atoms with Gasteiger partial charge in [0.05, 0.1) is 5.52 Å². The molecule has 79 valence electrons. The van der Waals surface area contributed by atoms with Gasteiger partial charge in [-0.15, -0.1) is 5.10 Å². The van der Waals surface area contributed by atoms with Gasteiger partial charge in [-0.25, -0.2) is 0 Å². The number of phenolic OH excluding ortho intramolecular Hbond substituents is 1. The van der Waals surface area contributed by atoms with Crippen LogP contribution in [0.25, 0.3) is 22.2 Å². The van der Waals surface area contributed by atoms with Crippen molar-refractivity contribution >= 4 is 40.6 Å². The summed E-state index contributed by atoms with van der Waals surface area (Å²) in [5.74, 6) is 0.248. The Morgan fingerprint density at radius 1 is 0.941 bits per heavy atom. The monoisotopic (exact) mass is 234 g/mol. The van der Waals surface area contributed by atoms with Crippen molar-refractivity contribution in [2.24, 2.45) is 0 Å². The number of benzene rings is 2. The summed E-state index contributed by atoms with van der Waals surface area (Å²) in [6, 6.07) is 12.9. The van der Waals surface area contributed by atoms with E-state index >= 15 is 0 Å². The van der Waals surface area contributed by atoms with Gasteiger partial charge in [-0.2, -0.15) is 0 Å². The smallest absolute Gasteiger partial charge is 0.123 e. The molecule has 0 aliphatic rings. The summed E-state index contributed by atoms with van der Waals surface area (Å²) < 4.78 is 0. The molecule has 0 aliphatic heterocycles. The van der Waals surface area contributed by atoms with Gasteiger partial charge < -0.3 is 5.11 Å². The number of aromatic hydroxyl groups is 1. The van der Waals surface area contributed by atoms with Crippen LogP contribution in [0.2, 0.25) is 0 Å². The fourth-order valence-corrected chi connectivity index (χ4v) is 1.79. The Bertz CT molecular complexity index is 651. The Labute approximate surface area is 120 Å². The summed E-state index contributed by atoms with van der Waals surface area (Å²) in [4.78, 5) is 0. The van der Waals surface area contributed by atoms with Crippen molar-refractivity contribution < 1.29 is 5.11 Å². The van der Waals surface area contributed by atoms with Crippen LogP contribution >= 0.6 is 0 Å². The van der Waals surface area contributed by atoms with Gasteiger partial charge in [0, 0.05) is 40.7 Å². The number of nitrogens with one attached hydrogen (secondary N) is 1. The first-order valence-corrected chi connectivity index (χ1v) is 4.94. The molecular formula is C12H9N3NaO. The van der Waals surface area contributed by atoms with Crippen LogP contribution in [0.15, 0.2) is 42.5 Å². The molecule has 0 bridgehead atoms. The standard InChI is InChI=1S/C12H9N3O.Na/c16-11-7-2-1-4-8(11)9-5-3-6-10-12(9)14-15-13-10;/h1-7,16H,(H,13,14,15);. The Balaban J connectivity index is 0.00000108. The number of fused-ring (bicyclic) bond motifs is 1. The molecule has 5 heteroatoms. The maximum absolute atomic E-state index is 9.80. The first kappa shape index (κ1) is 12.1. The molecule has 1 aromatic heterocycles. The zero-order valence-electron chi connectivity index (χ0n) is 9.38. The van der Waals surface area contributed by atoms with Gasteiger partial charge in [0.1, 0.15) is 11.3 Å². The van der Waals surface area contributed by atoms with E-state index in [-0.39, 0.29) is 35.3 Å². The van der Waals surface area contributed by atoms with Crippen molar-refractivity contribution in [2.45, 2.75) is 0 Å². The fourth-order valence-electron chi connectivity index (χ4n) is 1.79. The summed E-state index contributed by atoms with van der Waals surface area (Å²) >= 11 is 0. The van der Waals surface area contributed by atoms with Crippen molar-refractivity contribution in [1.29, 1.82) is 0 Å². The summed E-state index contributed by atoms with van der Waals surface area (Å²) in [5, 5.41) is 20.4. The summed E-state index contributed by atoms with van der Waals surface area (Å²) in [6.07, 6.45) is 0. The molecule has 0 unspecified atom stereocenters. The predicted molar refractivity (Wildman–Crippen MR) is 66.7 cm³/mol. The summed E-state index contributed by atoms with van der Waals surface area (Å²) in [5.41, 5.74) is 3.27. The van der Waals surface area contributed by atoms with E-state index in [9.17, 15) is 5.11 Å². The molecule has 17 heavy (non-hydrogen) atoms. The SMILES string of the molecule is Oc1ccccc1-c1cccc2[nH]nnc12.[Na]. The molecule has 2 N–H and O–H groups in total. The maximum atomic E-state index is 9.80. The van der Waals surface area contributed by atoms with E-state index in [4.69, 9.17) is 0 Å². The third-order valence-electron chi connectivity index (χ3n) is 2.55. The van der Waals surface area contributed by atoms with Crippen LogP contribution in [0.4, 0.5) is 0 Å². The summed E-state index contributed by atoms with van der Waals surface area (Å²) in [7, 11) is 0. The molecule has 0 fully saturated rings. The molecule has 0 atom stereocenters. The van der Waals surface area contributed by atoms with Gasteiger partial charge in [-0.3, -0.25) is 5.10 Å². The molecule has 1 radical (unpaired) electrons. The number of para-hydroxylation sites is 1. The van der Waals surface area contributed by atoms with Crippen LogP contribution in [0.1, 0.15) is 0 Å². The quantitative estimate of drug-likeness (QED) is 0.632. The minimum absolute atomic E-state index is 0. The molecule has 2 aromatic carbocycles. The average molecular weight is 234 g/mol. The van der Waals surface area contributed by atoms with Gasteiger partial charge in [0.15, 0.2) is 0 Å². The van der Waals surface area contributed by atoms with Crippen molar-refractivity contribution in [1.82, 2.24) is 15.4 Å². The Morgan fingerprint density at radius 2 is 1.71 bits per heavy atom. The Morgan fingerprint density at radius 3 is 2.53 bits per heavy atom. The number of aromatic nitrogens is 3. The van der Waals surface area contributed by atoms with Gasteiger partial charge in [-0.05, 0) is 12.1 Å². The largest absolute Gasteiger partial charge is 0.507 e. The molecule has 3 rings (SSSR count). The van der Waals surface area contributed by atoms with Gasteiger partial charge in [-0.1, -0.05) is 35.5 Å². The molecule has 4 nitrogen and oxygen atoms in total. The molecule has 0 amide bonds. The summed E-state index contributed by atoms with van der Waals surface area (Å²) in [6.45, 7) is 0. The number of phenols is 1. The third-order valence-corrected chi connectivity index (χ3v) is 2.55. The van der Waals surface area contributed by atoms with Gasteiger partial charge >= 0.3 is 0 Å². The van der Waals surface area contributed by atoms with Crippen LogP contribution in [0.3, 0.4) is 0 Å². The molecule has 0 saturated heterocycles. The second-order valence-electron chi connectivity index (χ2n) is 3.53. The number of H-pyrrole nitrogens is 1. The molecule has 0 spiro atoms. The van der Waals surface area contributed by atoms with Crippen molar-refractivity contribution in [2.75, 3.05) is 0 Å². The number of hydrogen-bond acceptors (Lipinski definition) is 3. The molecule has 1 heterocycles. The Kier molecular flexibility index (Phi) is 3.47. The first-order chi connectivity index (χ1) is 7.86. The normalized spacial score (nSPS) is 10.1. The first-order valence-electron chi connectivity index (χ1n) is 4.94. The van der Waals surface area contributed by atoms with Crippen LogP contribution < -0.4 is 0 Å². The van der Waals surface area contributed by atoms with E-state index in [1.165, 1.54) is 0 Å². The maximum Gasteiger partial charge on any atom is 0.123 e. The van der Waals surface area contributed by atoms with Crippen LogP contribution in [0, 0.1) is 0 Å². The van der Waals surface area contributed by atoms with E-state index in [1.807, 2.05) is 30.3 Å². The average Bonchev–Trinajstić information content (AvgIpc) is 2.77. The minimum atomic E-state index is 0. The number of rotatable bonds is 1. The van der Waals surface area contributed by atoms with Crippen LogP contribution in [-0.2, 0) is 0 Å². The third kappa shape index (κ3) is 2.07. The van der Waals surface area contributed by atoms with E-state index in [2.05, 4.69) is 15.4 Å². The zero-order chi connectivity index (χ0) is 11.0. The van der Waals surface area contributed by atoms with E-state index in [1.54, 1.807) is 12.1 Å². The predicted octanol–water partition coefficient (Wildman–Crippen LogP) is 1.95. The van der Waals surface area contributed by atoms with Crippen molar-refractivity contribution in [3.05, 3.63) is 42.5 Å². The van der Waals surface area contributed by atoms with E-state index in [0.29, 0.717) is 0 Å². The van der Waals surface area contributed by atoms with Crippen molar-refractivity contribution in [3.63, 3.8) is 0 Å². The van der Waals surface area contributed by atoms with Crippen LogP contribution in [-0.4, -0.2) is 50.1 Å². The number of aromatic amines is 1. The molecular weight excluding hydrogens is 225 g/mol. The second kappa shape index (κ2) is 4.87. The van der Waals surface area contributed by atoms with E-state index < -0.39 is 0 Å². The number of nitrogens with zero attached hydrogens (tertiary/aromatic N) is 2. The Hall–Kier alpha value is -1.36.